The van der Waals surface area contributed by atoms with Crippen molar-refractivity contribution in [3.63, 3.8) is 0 Å². The van der Waals surface area contributed by atoms with Crippen LogP contribution in [0.3, 0.4) is 0 Å². The maximum absolute atomic E-state index is 9.87. The van der Waals surface area contributed by atoms with Gasteiger partial charge in [0.2, 0.25) is 0 Å². The van der Waals surface area contributed by atoms with Gasteiger partial charge in [0.1, 0.15) is 5.75 Å². The molecule has 0 amide bonds. The van der Waals surface area contributed by atoms with Gasteiger partial charge in [0, 0.05) is 6.54 Å². The Kier molecular flexibility index (Phi) is 4.55. The summed E-state index contributed by atoms with van der Waals surface area (Å²) in [6.45, 7) is 0.557. The Bertz CT molecular complexity index is 505. The monoisotopic (exact) mass is 257 g/mol. The number of hydrogen-bond acceptors (Lipinski definition) is 3. The molecule has 100 valence electrons. The summed E-state index contributed by atoms with van der Waals surface area (Å²) in [4.78, 5) is 0. The summed E-state index contributed by atoms with van der Waals surface area (Å²) in [6.07, 6.45) is -0.463. The molecule has 3 heteroatoms. The molecule has 0 fully saturated rings. The minimum absolute atomic E-state index is 0.463. The molecule has 0 aliphatic carbocycles. The SMILES string of the molecule is CNCC(O)c1ccc(-c2ccc(OC)cc2)cc1. The first kappa shape index (κ1) is 13.6. The molecule has 19 heavy (non-hydrogen) atoms. The van der Waals surface area contributed by atoms with Gasteiger partial charge in [0.15, 0.2) is 0 Å². The summed E-state index contributed by atoms with van der Waals surface area (Å²) >= 11 is 0. The van der Waals surface area contributed by atoms with Crippen molar-refractivity contribution in [3.8, 4) is 16.9 Å². The average molecular weight is 257 g/mol. The van der Waals surface area contributed by atoms with Crippen molar-refractivity contribution in [1.29, 1.82) is 0 Å². The predicted octanol–water partition coefficient (Wildman–Crippen LogP) is 2.62. The number of aliphatic hydroxyl groups excluding tert-OH is 1. The minimum atomic E-state index is -0.463. The lowest BCUT2D eigenvalue weighted by Crippen LogP contribution is -2.16. The van der Waals surface area contributed by atoms with Crippen LogP contribution in [-0.2, 0) is 0 Å². The number of hydrogen-bond donors (Lipinski definition) is 2. The summed E-state index contributed by atoms with van der Waals surface area (Å²) in [7, 11) is 3.49. The van der Waals surface area contributed by atoms with Crippen molar-refractivity contribution in [2.75, 3.05) is 20.7 Å². The number of aliphatic hydroxyl groups is 1. The number of rotatable bonds is 5. The van der Waals surface area contributed by atoms with Crippen LogP contribution in [0.2, 0.25) is 0 Å². The first-order chi connectivity index (χ1) is 9.24. The Hall–Kier alpha value is -1.84. The van der Waals surface area contributed by atoms with Gasteiger partial charge in [-0.3, -0.25) is 0 Å². The van der Waals surface area contributed by atoms with E-state index in [4.69, 9.17) is 4.74 Å². The van der Waals surface area contributed by atoms with E-state index in [1.165, 1.54) is 0 Å². The zero-order valence-corrected chi connectivity index (χ0v) is 11.3. The zero-order valence-electron chi connectivity index (χ0n) is 11.3. The topological polar surface area (TPSA) is 41.5 Å². The minimum Gasteiger partial charge on any atom is -0.497 e. The van der Waals surface area contributed by atoms with E-state index in [2.05, 4.69) is 5.32 Å². The van der Waals surface area contributed by atoms with Crippen molar-refractivity contribution >= 4 is 0 Å². The Morgan fingerprint density at radius 2 is 1.53 bits per heavy atom. The van der Waals surface area contributed by atoms with E-state index in [0.29, 0.717) is 6.54 Å². The van der Waals surface area contributed by atoms with Gasteiger partial charge in [0.25, 0.3) is 0 Å². The molecule has 0 saturated carbocycles. The van der Waals surface area contributed by atoms with Crippen molar-refractivity contribution in [2.45, 2.75) is 6.10 Å². The highest BCUT2D eigenvalue weighted by atomic mass is 16.5. The third-order valence-corrected chi connectivity index (χ3v) is 3.12. The molecule has 0 radical (unpaired) electrons. The summed E-state index contributed by atoms with van der Waals surface area (Å²) in [5.41, 5.74) is 3.19. The second-order valence-electron chi connectivity index (χ2n) is 4.42. The molecule has 0 saturated heterocycles. The Morgan fingerprint density at radius 3 is 2.00 bits per heavy atom. The van der Waals surface area contributed by atoms with Crippen LogP contribution in [0.25, 0.3) is 11.1 Å². The molecule has 0 heterocycles. The molecule has 1 atom stereocenters. The summed E-state index contributed by atoms with van der Waals surface area (Å²) in [6, 6.07) is 15.9. The third kappa shape index (κ3) is 3.34. The molecular formula is C16H19NO2. The van der Waals surface area contributed by atoms with E-state index in [9.17, 15) is 5.11 Å². The molecule has 0 bridgehead atoms. The molecule has 0 spiro atoms. The molecule has 3 nitrogen and oxygen atoms in total. The Balaban J connectivity index is 2.17. The predicted molar refractivity (Wildman–Crippen MR) is 77.3 cm³/mol. The van der Waals surface area contributed by atoms with Gasteiger partial charge in [-0.05, 0) is 35.9 Å². The van der Waals surface area contributed by atoms with Gasteiger partial charge in [-0.2, -0.15) is 0 Å². The fourth-order valence-corrected chi connectivity index (χ4v) is 1.99. The molecule has 2 N–H and O–H groups in total. The van der Waals surface area contributed by atoms with Gasteiger partial charge in [-0.15, -0.1) is 0 Å². The molecule has 1 unspecified atom stereocenters. The fraction of sp³-hybridized carbons (Fsp3) is 0.250. The number of ether oxygens (including phenoxy) is 1. The van der Waals surface area contributed by atoms with Crippen molar-refractivity contribution in [1.82, 2.24) is 5.32 Å². The van der Waals surface area contributed by atoms with Crippen molar-refractivity contribution in [3.05, 3.63) is 54.1 Å². The summed E-state index contributed by atoms with van der Waals surface area (Å²) in [5.74, 6) is 0.852. The van der Waals surface area contributed by atoms with E-state index in [-0.39, 0.29) is 0 Å². The zero-order chi connectivity index (χ0) is 13.7. The van der Waals surface area contributed by atoms with Crippen LogP contribution in [0.15, 0.2) is 48.5 Å². The molecule has 2 rings (SSSR count). The lowest BCUT2D eigenvalue weighted by Gasteiger charge is -2.11. The summed E-state index contributed by atoms with van der Waals surface area (Å²) < 4.78 is 5.14. The Morgan fingerprint density at radius 1 is 1.00 bits per heavy atom. The smallest absolute Gasteiger partial charge is 0.118 e. The second-order valence-corrected chi connectivity index (χ2v) is 4.42. The quantitative estimate of drug-likeness (QED) is 0.865. The molecule has 0 aromatic heterocycles. The van der Waals surface area contributed by atoms with Crippen molar-refractivity contribution in [2.24, 2.45) is 0 Å². The first-order valence-electron chi connectivity index (χ1n) is 6.31. The highest BCUT2D eigenvalue weighted by Crippen LogP contribution is 2.24. The largest absolute Gasteiger partial charge is 0.497 e. The van der Waals surface area contributed by atoms with Crippen LogP contribution in [0, 0.1) is 0 Å². The second kappa shape index (κ2) is 6.36. The van der Waals surface area contributed by atoms with E-state index in [0.717, 1.165) is 22.4 Å². The molecule has 2 aromatic carbocycles. The molecular weight excluding hydrogens is 238 g/mol. The standard InChI is InChI=1S/C16H19NO2/c1-17-11-16(18)14-5-3-12(4-6-14)13-7-9-15(19-2)10-8-13/h3-10,16-18H,11H2,1-2H3. The van der Waals surface area contributed by atoms with E-state index in [1.54, 1.807) is 7.11 Å². The third-order valence-electron chi connectivity index (χ3n) is 3.12. The normalized spacial score (nSPS) is 12.2. The van der Waals surface area contributed by atoms with E-state index < -0.39 is 6.10 Å². The number of nitrogens with one attached hydrogen (secondary N) is 1. The van der Waals surface area contributed by atoms with Crippen LogP contribution in [-0.4, -0.2) is 25.8 Å². The van der Waals surface area contributed by atoms with Gasteiger partial charge in [-0.1, -0.05) is 36.4 Å². The van der Waals surface area contributed by atoms with E-state index in [1.807, 2.05) is 55.6 Å². The molecule has 0 aliphatic rings. The van der Waals surface area contributed by atoms with Gasteiger partial charge < -0.3 is 15.2 Å². The number of benzene rings is 2. The van der Waals surface area contributed by atoms with Crippen LogP contribution in [0.5, 0.6) is 5.75 Å². The molecule has 2 aromatic rings. The van der Waals surface area contributed by atoms with Crippen LogP contribution in [0.1, 0.15) is 11.7 Å². The highest BCUT2D eigenvalue weighted by Gasteiger charge is 2.06. The number of methoxy groups -OCH3 is 1. The molecule has 0 aliphatic heterocycles. The maximum Gasteiger partial charge on any atom is 0.118 e. The van der Waals surface area contributed by atoms with E-state index >= 15 is 0 Å². The highest BCUT2D eigenvalue weighted by molar-refractivity contribution is 5.64. The fourth-order valence-electron chi connectivity index (χ4n) is 1.99. The van der Waals surface area contributed by atoms with Crippen molar-refractivity contribution < 1.29 is 9.84 Å². The van der Waals surface area contributed by atoms with Crippen LogP contribution >= 0.6 is 0 Å². The van der Waals surface area contributed by atoms with Gasteiger partial charge in [-0.25, -0.2) is 0 Å². The average Bonchev–Trinajstić information content (AvgIpc) is 2.48. The first-order valence-corrected chi connectivity index (χ1v) is 6.31. The van der Waals surface area contributed by atoms with Crippen LogP contribution < -0.4 is 10.1 Å². The maximum atomic E-state index is 9.87. The van der Waals surface area contributed by atoms with Gasteiger partial charge >= 0.3 is 0 Å². The van der Waals surface area contributed by atoms with Gasteiger partial charge in [0.05, 0.1) is 13.2 Å². The van der Waals surface area contributed by atoms with Crippen LogP contribution in [0.4, 0.5) is 0 Å². The lowest BCUT2D eigenvalue weighted by molar-refractivity contribution is 0.178. The number of likely N-dealkylation sites (N-methyl/N-ethyl adjacent to an activating group) is 1. The summed E-state index contributed by atoms with van der Waals surface area (Å²) in [5, 5.41) is 12.8. The lowest BCUT2D eigenvalue weighted by atomic mass is 10.0. The Labute approximate surface area is 113 Å².